The van der Waals surface area contributed by atoms with Crippen LogP contribution in [0.2, 0.25) is 0 Å². The monoisotopic (exact) mass is 350 g/mol. The highest BCUT2D eigenvalue weighted by Gasteiger charge is 2.49. The van der Waals surface area contributed by atoms with E-state index in [2.05, 4.69) is 42.5 Å². The second-order valence-corrected chi connectivity index (χ2v) is 6.71. The van der Waals surface area contributed by atoms with E-state index in [1.54, 1.807) is 12.5 Å². The third-order valence-corrected chi connectivity index (χ3v) is 5.31. The Hall–Kier alpha value is -3.00. The van der Waals surface area contributed by atoms with Gasteiger partial charge in [-0.15, -0.1) is 0 Å². The van der Waals surface area contributed by atoms with Gasteiger partial charge >= 0.3 is 0 Å². The van der Waals surface area contributed by atoms with E-state index in [9.17, 15) is 4.79 Å². The zero-order valence-electron chi connectivity index (χ0n) is 14.1. The standard InChI is InChI=1S/C18H18N6O2/c25-15-10-26-14-9-24(17-13-8-21-23-16(13)19-11-20-17)7-6-18(14,22-15)12-4-2-1-3-5-12/h1-5,8,11,14H,6-7,9-10H2,(H,22,25)(H,19,20,21,23)/t14-,18+/m1/s1. The highest BCUT2D eigenvalue weighted by Crippen LogP contribution is 2.38. The van der Waals surface area contributed by atoms with Crippen molar-refractivity contribution in [2.75, 3.05) is 24.6 Å². The topological polar surface area (TPSA) is 96.0 Å². The molecule has 0 saturated carbocycles. The molecule has 5 rings (SSSR count). The third kappa shape index (κ3) is 2.26. The normalized spacial score (nSPS) is 25.8. The number of hydrogen-bond donors (Lipinski definition) is 2. The van der Waals surface area contributed by atoms with Gasteiger partial charge in [0.2, 0.25) is 5.91 Å². The summed E-state index contributed by atoms with van der Waals surface area (Å²) < 4.78 is 5.98. The number of rotatable bonds is 2. The van der Waals surface area contributed by atoms with Crippen molar-refractivity contribution in [3.05, 3.63) is 48.4 Å². The van der Waals surface area contributed by atoms with Crippen LogP contribution in [-0.4, -0.2) is 51.9 Å². The molecular weight excluding hydrogens is 332 g/mol. The van der Waals surface area contributed by atoms with Crippen molar-refractivity contribution in [1.82, 2.24) is 25.5 Å². The number of piperidine rings is 1. The number of ether oxygens (including phenoxy) is 1. The second kappa shape index (κ2) is 5.77. The van der Waals surface area contributed by atoms with Gasteiger partial charge in [-0.05, 0) is 12.0 Å². The van der Waals surface area contributed by atoms with E-state index in [0.717, 1.165) is 29.7 Å². The maximum Gasteiger partial charge on any atom is 0.246 e. The highest BCUT2D eigenvalue weighted by atomic mass is 16.5. The van der Waals surface area contributed by atoms with E-state index in [1.807, 2.05) is 18.2 Å². The summed E-state index contributed by atoms with van der Waals surface area (Å²) in [4.78, 5) is 23.0. The predicted octanol–water partition coefficient (Wildman–Crippen LogP) is 0.973. The molecule has 2 aromatic heterocycles. The fraction of sp³-hybridized carbons (Fsp3) is 0.333. The minimum absolute atomic E-state index is 0.0715. The average Bonchev–Trinajstić information content (AvgIpc) is 3.17. The number of nitrogens with one attached hydrogen (secondary N) is 2. The number of morpholine rings is 1. The molecule has 8 heteroatoms. The predicted molar refractivity (Wildman–Crippen MR) is 94.5 cm³/mol. The summed E-state index contributed by atoms with van der Waals surface area (Å²) in [5.41, 5.74) is 1.29. The average molecular weight is 350 g/mol. The Bertz CT molecular complexity index is 958. The zero-order chi connectivity index (χ0) is 17.6. The van der Waals surface area contributed by atoms with Gasteiger partial charge in [0.25, 0.3) is 0 Å². The van der Waals surface area contributed by atoms with Crippen LogP contribution in [0.4, 0.5) is 5.82 Å². The van der Waals surface area contributed by atoms with Crippen LogP contribution in [0.15, 0.2) is 42.9 Å². The number of carbonyl (C=O) groups is 1. The molecule has 0 bridgehead atoms. The minimum Gasteiger partial charge on any atom is -0.364 e. The van der Waals surface area contributed by atoms with E-state index in [1.165, 1.54) is 0 Å². The van der Waals surface area contributed by atoms with Gasteiger partial charge in [-0.2, -0.15) is 5.10 Å². The third-order valence-electron chi connectivity index (χ3n) is 5.31. The van der Waals surface area contributed by atoms with Gasteiger partial charge in [-0.3, -0.25) is 9.89 Å². The fourth-order valence-electron chi connectivity index (χ4n) is 4.05. The number of aromatic amines is 1. The lowest BCUT2D eigenvalue weighted by molar-refractivity contribution is -0.146. The molecule has 1 aromatic carbocycles. The zero-order valence-corrected chi connectivity index (χ0v) is 14.1. The summed E-state index contributed by atoms with van der Waals surface area (Å²) in [5.74, 6) is 0.767. The molecule has 1 amide bonds. The Balaban J connectivity index is 1.52. The van der Waals surface area contributed by atoms with E-state index in [0.29, 0.717) is 12.2 Å². The Kier molecular flexibility index (Phi) is 3.39. The number of benzene rings is 1. The second-order valence-electron chi connectivity index (χ2n) is 6.71. The lowest BCUT2D eigenvalue weighted by atomic mass is 9.77. The smallest absolute Gasteiger partial charge is 0.246 e. The Morgan fingerprint density at radius 2 is 2.12 bits per heavy atom. The number of amides is 1. The van der Waals surface area contributed by atoms with Crippen molar-refractivity contribution in [2.24, 2.45) is 0 Å². The SMILES string of the molecule is O=C1CO[C@@H]2CN(c3ncnc4[nH]ncc34)CC[C@@]2(c2ccccc2)N1. The molecular formula is C18H18N6O2. The molecule has 0 radical (unpaired) electrons. The number of aromatic nitrogens is 4. The van der Waals surface area contributed by atoms with Crippen LogP contribution < -0.4 is 10.2 Å². The molecule has 0 aliphatic carbocycles. The summed E-state index contributed by atoms with van der Waals surface area (Å²) >= 11 is 0. The van der Waals surface area contributed by atoms with Crippen molar-refractivity contribution in [2.45, 2.75) is 18.1 Å². The van der Waals surface area contributed by atoms with Crippen LogP contribution in [0, 0.1) is 0 Å². The van der Waals surface area contributed by atoms with Crippen molar-refractivity contribution in [3.63, 3.8) is 0 Å². The molecule has 4 heterocycles. The summed E-state index contributed by atoms with van der Waals surface area (Å²) in [7, 11) is 0. The van der Waals surface area contributed by atoms with Crippen LogP contribution in [0.1, 0.15) is 12.0 Å². The quantitative estimate of drug-likeness (QED) is 0.715. The van der Waals surface area contributed by atoms with E-state index < -0.39 is 5.54 Å². The molecule has 2 aliphatic rings. The number of hydrogen-bond acceptors (Lipinski definition) is 6. The van der Waals surface area contributed by atoms with E-state index >= 15 is 0 Å². The maximum absolute atomic E-state index is 12.1. The van der Waals surface area contributed by atoms with Crippen LogP contribution in [-0.2, 0) is 15.1 Å². The van der Waals surface area contributed by atoms with Crippen molar-refractivity contribution in [1.29, 1.82) is 0 Å². The van der Waals surface area contributed by atoms with Crippen molar-refractivity contribution in [3.8, 4) is 0 Å². The van der Waals surface area contributed by atoms with Gasteiger partial charge in [0.15, 0.2) is 5.65 Å². The van der Waals surface area contributed by atoms with Crippen LogP contribution in [0.25, 0.3) is 11.0 Å². The van der Waals surface area contributed by atoms with Gasteiger partial charge in [-0.25, -0.2) is 9.97 Å². The summed E-state index contributed by atoms with van der Waals surface area (Å²) in [5, 5.41) is 11.0. The van der Waals surface area contributed by atoms with E-state index in [4.69, 9.17) is 4.74 Å². The Morgan fingerprint density at radius 1 is 1.23 bits per heavy atom. The first-order chi connectivity index (χ1) is 12.8. The van der Waals surface area contributed by atoms with Gasteiger partial charge in [0, 0.05) is 13.1 Å². The first kappa shape index (κ1) is 15.3. The van der Waals surface area contributed by atoms with Crippen molar-refractivity contribution >= 4 is 22.8 Å². The molecule has 26 heavy (non-hydrogen) atoms. The van der Waals surface area contributed by atoms with Crippen LogP contribution in [0.5, 0.6) is 0 Å². The summed E-state index contributed by atoms with van der Waals surface area (Å²) in [6, 6.07) is 10.1. The van der Waals surface area contributed by atoms with Crippen molar-refractivity contribution < 1.29 is 9.53 Å². The summed E-state index contributed by atoms with van der Waals surface area (Å²) in [6.45, 7) is 1.46. The molecule has 2 saturated heterocycles. The van der Waals surface area contributed by atoms with Crippen LogP contribution in [0.3, 0.4) is 0 Å². The number of anilines is 1. The van der Waals surface area contributed by atoms with E-state index in [-0.39, 0.29) is 18.6 Å². The lowest BCUT2D eigenvalue weighted by Crippen LogP contribution is -2.66. The summed E-state index contributed by atoms with van der Waals surface area (Å²) in [6.07, 6.45) is 3.86. The van der Waals surface area contributed by atoms with Gasteiger partial charge < -0.3 is 15.0 Å². The Morgan fingerprint density at radius 3 is 3.00 bits per heavy atom. The number of fused-ring (bicyclic) bond motifs is 2. The molecule has 132 valence electrons. The highest BCUT2D eigenvalue weighted by molar-refractivity contribution is 5.86. The molecule has 2 aliphatic heterocycles. The molecule has 3 aromatic rings. The minimum atomic E-state index is -0.504. The van der Waals surface area contributed by atoms with Gasteiger partial charge in [-0.1, -0.05) is 30.3 Å². The molecule has 2 N–H and O–H groups in total. The molecule has 2 atom stereocenters. The Labute approximate surface area is 149 Å². The first-order valence-electron chi connectivity index (χ1n) is 8.63. The molecule has 8 nitrogen and oxygen atoms in total. The van der Waals surface area contributed by atoms with Crippen LogP contribution >= 0.6 is 0 Å². The number of carbonyl (C=O) groups excluding carboxylic acids is 1. The first-order valence-corrected chi connectivity index (χ1v) is 8.63. The fourth-order valence-corrected chi connectivity index (χ4v) is 4.05. The molecule has 0 spiro atoms. The molecule has 2 fully saturated rings. The number of H-pyrrole nitrogens is 1. The lowest BCUT2D eigenvalue weighted by Gasteiger charge is -2.50. The number of nitrogens with zero attached hydrogens (tertiary/aromatic N) is 4. The largest absolute Gasteiger partial charge is 0.364 e. The van der Waals surface area contributed by atoms with Gasteiger partial charge in [0.05, 0.1) is 17.1 Å². The van der Waals surface area contributed by atoms with Gasteiger partial charge in [0.1, 0.15) is 24.9 Å². The maximum atomic E-state index is 12.1. The molecule has 0 unspecified atom stereocenters.